The number of benzene rings is 1. The fraction of sp³-hybridized carbons (Fsp3) is 0.697. The van der Waals surface area contributed by atoms with Gasteiger partial charge in [0.2, 0.25) is 0 Å². The number of hydrogen-bond acceptors (Lipinski definition) is 0. The molecule has 0 spiro atoms. The van der Waals surface area contributed by atoms with Gasteiger partial charge in [-0.25, -0.2) is 8.78 Å². The second-order valence-electron chi connectivity index (χ2n) is 12.6. The van der Waals surface area contributed by atoms with Crippen LogP contribution in [0.2, 0.25) is 0 Å². The SMILES string of the molecule is CCC1CCC(C2C=C(F)C(c3ccc(C4CCC(C5CCC(C)CC5)CC4)cc3F)=CC2)CC1. The molecular weight excluding hydrogens is 434 g/mol. The second-order valence-corrected chi connectivity index (χ2v) is 12.6. The molecule has 0 bridgehead atoms. The third-order valence-corrected chi connectivity index (χ3v) is 10.5. The Labute approximate surface area is 212 Å². The normalized spacial score (nSPS) is 36.4. The molecule has 192 valence electrons. The highest BCUT2D eigenvalue weighted by molar-refractivity contribution is 5.78. The van der Waals surface area contributed by atoms with E-state index in [0.29, 0.717) is 23.0 Å². The zero-order valence-corrected chi connectivity index (χ0v) is 22.1. The molecule has 3 fully saturated rings. The topological polar surface area (TPSA) is 0 Å². The Hall–Kier alpha value is -1.44. The largest absolute Gasteiger partial charge is 0.207 e. The maximum absolute atomic E-state index is 15.3. The fourth-order valence-corrected chi connectivity index (χ4v) is 7.97. The lowest BCUT2D eigenvalue weighted by Gasteiger charge is -2.37. The lowest BCUT2D eigenvalue weighted by Crippen LogP contribution is -2.24. The van der Waals surface area contributed by atoms with Crippen LogP contribution in [-0.4, -0.2) is 0 Å². The van der Waals surface area contributed by atoms with Gasteiger partial charge in [-0.15, -0.1) is 0 Å². The first-order valence-corrected chi connectivity index (χ1v) is 14.9. The van der Waals surface area contributed by atoms with E-state index in [2.05, 4.69) is 19.9 Å². The molecule has 4 aliphatic rings. The van der Waals surface area contributed by atoms with E-state index in [0.717, 1.165) is 35.7 Å². The van der Waals surface area contributed by atoms with E-state index in [1.54, 1.807) is 6.07 Å². The molecule has 2 heteroatoms. The van der Waals surface area contributed by atoms with Gasteiger partial charge in [0.1, 0.15) is 11.6 Å². The summed E-state index contributed by atoms with van der Waals surface area (Å²) < 4.78 is 30.5. The van der Waals surface area contributed by atoms with Crippen LogP contribution in [0.3, 0.4) is 0 Å². The predicted octanol–water partition coefficient (Wildman–Crippen LogP) is 10.4. The number of halogens is 2. The monoisotopic (exact) mass is 480 g/mol. The van der Waals surface area contributed by atoms with Gasteiger partial charge in [-0.05, 0) is 117 Å². The Bertz CT molecular complexity index is 903. The van der Waals surface area contributed by atoms with E-state index >= 15 is 8.78 Å². The van der Waals surface area contributed by atoms with Crippen molar-refractivity contribution in [3.8, 4) is 0 Å². The Morgan fingerprint density at radius 1 is 0.771 bits per heavy atom. The molecule has 0 aromatic heterocycles. The van der Waals surface area contributed by atoms with E-state index in [1.165, 1.54) is 83.5 Å². The lowest BCUT2D eigenvalue weighted by atomic mass is 9.68. The van der Waals surface area contributed by atoms with Gasteiger partial charge in [-0.2, -0.15) is 0 Å². The molecular formula is C33H46F2. The minimum Gasteiger partial charge on any atom is -0.207 e. The number of hydrogen-bond donors (Lipinski definition) is 0. The summed E-state index contributed by atoms with van der Waals surface area (Å²) in [7, 11) is 0. The van der Waals surface area contributed by atoms with Crippen molar-refractivity contribution in [2.75, 3.05) is 0 Å². The first-order chi connectivity index (χ1) is 17.0. The third kappa shape index (κ3) is 5.78. The van der Waals surface area contributed by atoms with Crippen molar-refractivity contribution >= 4 is 5.57 Å². The summed E-state index contributed by atoms with van der Waals surface area (Å²) in [6, 6.07) is 5.65. The zero-order valence-electron chi connectivity index (χ0n) is 22.1. The zero-order chi connectivity index (χ0) is 24.4. The van der Waals surface area contributed by atoms with Gasteiger partial charge >= 0.3 is 0 Å². The maximum atomic E-state index is 15.3. The molecule has 0 heterocycles. The van der Waals surface area contributed by atoms with E-state index in [4.69, 9.17) is 0 Å². The highest BCUT2D eigenvalue weighted by Crippen LogP contribution is 2.45. The van der Waals surface area contributed by atoms with Gasteiger partial charge < -0.3 is 0 Å². The molecule has 1 aromatic carbocycles. The molecule has 1 unspecified atom stereocenters. The molecule has 0 saturated heterocycles. The van der Waals surface area contributed by atoms with Crippen LogP contribution in [-0.2, 0) is 0 Å². The molecule has 0 amide bonds. The van der Waals surface area contributed by atoms with Crippen molar-refractivity contribution in [2.24, 2.45) is 35.5 Å². The van der Waals surface area contributed by atoms with Gasteiger partial charge in [0.05, 0.1) is 0 Å². The van der Waals surface area contributed by atoms with Crippen LogP contribution in [0.1, 0.15) is 121 Å². The van der Waals surface area contributed by atoms with Crippen LogP contribution in [0, 0.1) is 41.3 Å². The first-order valence-electron chi connectivity index (χ1n) is 14.9. The Balaban J connectivity index is 1.18. The highest BCUT2D eigenvalue weighted by Gasteiger charge is 2.32. The summed E-state index contributed by atoms with van der Waals surface area (Å²) in [6.07, 6.45) is 21.4. The van der Waals surface area contributed by atoms with Crippen molar-refractivity contribution in [3.05, 3.63) is 53.1 Å². The summed E-state index contributed by atoms with van der Waals surface area (Å²) in [5.41, 5.74) is 2.04. The molecule has 0 N–H and O–H groups in total. The summed E-state index contributed by atoms with van der Waals surface area (Å²) in [5, 5.41) is 0. The van der Waals surface area contributed by atoms with Gasteiger partial charge in [-0.1, -0.05) is 64.2 Å². The fourth-order valence-electron chi connectivity index (χ4n) is 7.97. The third-order valence-electron chi connectivity index (χ3n) is 10.5. The van der Waals surface area contributed by atoms with Crippen LogP contribution in [0.15, 0.2) is 36.2 Å². The van der Waals surface area contributed by atoms with Gasteiger partial charge in [0, 0.05) is 11.1 Å². The molecule has 4 aliphatic carbocycles. The van der Waals surface area contributed by atoms with Gasteiger partial charge in [0.15, 0.2) is 0 Å². The van der Waals surface area contributed by atoms with Crippen molar-refractivity contribution in [1.29, 1.82) is 0 Å². The highest BCUT2D eigenvalue weighted by atomic mass is 19.1. The van der Waals surface area contributed by atoms with Crippen LogP contribution in [0.4, 0.5) is 8.78 Å². The average Bonchev–Trinajstić information content (AvgIpc) is 2.89. The molecule has 0 radical (unpaired) electrons. The molecule has 35 heavy (non-hydrogen) atoms. The Kier molecular flexibility index (Phi) is 8.15. The molecule has 1 atom stereocenters. The molecule has 5 rings (SSSR count). The van der Waals surface area contributed by atoms with Crippen LogP contribution < -0.4 is 0 Å². The Morgan fingerprint density at radius 3 is 2.00 bits per heavy atom. The van der Waals surface area contributed by atoms with Gasteiger partial charge in [-0.3, -0.25) is 0 Å². The molecule has 0 aliphatic heterocycles. The first kappa shape index (κ1) is 25.2. The predicted molar refractivity (Wildman–Crippen MR) is 143 cm³/mol. The van der Waals surface area contributed by atoms with Crippen molar-refractivity contribution in [2.45, 2.75) is 110 Å². The van der Waals surface area contributed by atoms with Crippen molar-refractivity contribution in [1.82, 2.24) is 0 Å². The molecule has 1 aromatic rings. The molecule has 0 nitrogen and oxygen atoms in total. The summed E-state index contributed by atoms with van der Waals surface area (Å²) in [5.74, 6) is 4.42. The van der Waals surface area contributed by atoms with Crippen molar-refractivity contribution in [3.63, 3.8) is 0 Å². The second kappa shape index (κ2) is 11.3. The average molecular weight is 481 g/mol. The van der Waals surface area contributed by atoms with Crippen molar-refractivity contribution < 1.29 is 8.78 Å². The minimum atomic E-state index is -0.248. The smallest absolute Gasteiger partial charge is 0.131 e. The summed E-state index contributed by atoms with van der Waals surface area (Å²) >= 11 is 0. The quantitative estimate of drug-likeness (QED) is 0.393. The van der Waals surface area contributed by atoms with Crippen LogP contribution in [0.25, 0.3) is 5.57 Å². The number of rotatable bonds is 5. The standard InChI is InChI=1S/C33H46F2/c1-3-23-6-10-26(11-7-23)28-16-18-30(32(34)20-28)31-19-17-29(21-33(31)35)27-14-12-25(13-15-27)24-8-4-22(2)5-9-24/h17-28H,3-16H2,1-2H3. The number of allylic oxidation sites excluding steroid dienone is 4. The van der Waals surface area contributed by atoms with E-state index < -0.39 is 0 Å². The summed E-state index contributed by atoms with van der Waals surface area (Å²) in [6.45, 7) is 4.68. The van der Waals surface area contributed by atoms with Crippen LogP contribution >= 0.6 is 0 Å². The minimum absolute atomic E-state index is 0.215. The maximum Gasteiger partial charge on any atom is 0.131 e. The van der Waals surface area contributed by atoms with E-state index in [1.807, 2.05) is 18.2 Å². The summed E-state index contributed by atoms with van der Waals surface area (Å²) in [4.78, 5) is 0. The molecule has 3 saturated carbocycles. The lowest BCUT2D eigenvalue weighted by molar-refractivity contribution is 0.165. The van der Waals surface area contributed by atoms with Gasteiger partial charge in [0.25, 0.3) is 0 Å². The van der Waals surface area contributed by atoms with E-state index in [9.17, 15) is 0 Å². The van der Waals surface area contributed by atoms with Crippen LogP contribution in [0.5, 0.6) is 0 Å². The Morgan fingerprint density at radius 2 is 1.40 bits per heavy atom. The van der Waals surface area contributed by atoms with E-state index in [-0.39, 0.29) is 17.6 Å².